The van der Waals surface area contributed by atoms with Crippen molar-refractivity contribution in [1.29, 1.82) is 0 Å². The van der Waals surface area contributed by atoms with Crippen LogP contribution in [0.4, 0.5) is 4.79 Å². The molecule has 35 heavy (non-hydrogen) atoms. The zero-order chi connectivity index (χ0) is 24.8. The Kier molecular flexibility index (Phi) is 7.12. The summed E-state index contributed by atoms with van der Waals surface area (Å²) in [7, 11) is 0. The number of ether oxygens (including phenoxy) is 1. The lowest BCUT2D eigenvalue weighted by Crippen LogP contribution is -2.41. The van der Waals surface area contributed by atoms with Crippen LogP contribution >= 0.6 is 0 Å². The first-order chi connectivity index (χ1) is 16.9. The smallest absolute Gasteiger partial charge is 0.408 e. The third-order valence-electron chi connectivity index (χ3n) is 5.83. The Bertz CT molecular complexity index is 1280. The van der Waals surface area contributed by atoms with Crippen LogP contribution in [-0.2, 0) is 14.3 Å². The predicted octanol–water partition coefficient (Wildman–Crippen LogP) is 3.78. The largest absolute Gasteiger partial charge is 0.472 e. The number of carbonyl (C=O) groups excluding carboxylic acids is 2. The van der Waals surface area contributed by atoms with E-state index < -0.39 is 24.0 Å². The summed E-state index contributed by atoms with van der Waals surface area (Å²) in [6.07, 6.45) is -0.732. The van der Waals surface area contributed by atoms with Crippen LogP contribution < -0.4 is 10.6 Å². The van der Waals surface area contributed by atoms with Crippen LogP contribution in [0.25, 0.3) is 11.1 Å². The maximum Gasteiger partial charge on any atom is 0.408 e. The molecule has 2 amide bonds. The van der Waals surface area contributed by atoms with Gasteiger partial charge in [0.1, 0.15) is 12.6 Å². The lowest BCUT2D eigenvalue weighted by Gasteiger charge is -2.20. The summed E-state index contributed by atoms with van der Waals surface area (Å²) in [6.45, 7) is 1.87. The maximum atomic E-state index is 12.8. The molecule has 0 saturated carbocycles. The minimum absolute atomic E-state index is 0.105. The Morgan fingerprint density at radius 3 is 2.14 bits per heavy atom. The fraction of sp³-hybridized carbons (Fsp3) is 0.179. The molecule has 3 aromatic rings. The number of nitrogens with one attached hydrogen (secondary N) is 2. The summed E-state index contributed by atoms with van der Waals surface area (Å²) in [5.74, 6) is 2.36. The lowest BCUT2D eigenvalue weighted by atomic mass is 9.98. The Morgan fingerprint density at radius 1 is 0.943 bits per heavy atom. The highest BCUT2D eigenvalue weighted by Crippen LogP contribution is 2.44. The Balaban J connectivity index is 1.46. The van der Waals surface area contributed by atoms with Crippen LogP contribution in [0.2, 0.25) is 0 Å². The summed E-state index contributed by atoms with van der Waals surface area (Å²) < 4.78 is 5.59. The summed E-state index contributed by atoms with van der Waals surface area (Å²) in [5.41, 5.74) is 5.99. The van der Waals surface area contributed by atoms with E-state index in [4.69, 9.17) is 9.84 Å². The first kappa shape index (κ1) is 23.6. The second-order valence-corrected chi connectivity index (χ2v) is 8.14. The number of alkyl carbamates (subject to hydrolysis) is 1. The average molecular weight is 469 g/mol. The van der Waals surface area contributed by atoms with E-state index in [2.05, 4.69) is 28.7 Å². The molecule has 0 saturated heterocycles. The number of hydrogen-bond acceptors (Lipinski definition) is 4. The van der Waals surface area contributed by atoms with E-state index >= 15 is 0 Å². The molecule has 0 aromatic heterocycles. The monoisotopic (exact) mass is 468 g/mol. The Morgan fingerprint density at radius 2 is 1.54 bits per heavy atom. The van der Waals surface area contributed by atoms with E-state index in [1.165, 1.54) is 0 Å². The zero-order valence-corrected chi connectivity index (χ0v) is 19.1. The van der Waals surface area contributed by atoms with Crippen LogP contribution in [-0.4, -0.2) is 36.2 Å². The number of benzene rings is 3. The number of carboxylic acid groups (broad SMARTS) is 1. The summed E-state index contributed by atoms with van der Waals surface area (Å²) in [5, 5.41) is 13.8. The molecule has 1 unspecified atom stereocenters. The molecule has 7 heteroatoms. The molecule has 3 aromatic carbocycles. The molecule has 0 fully saturated rings. The van der Waals surface area contributed by atoms with Crippen LogP contribution in [0, 0.1) is 18.8 Å². The highest BCUT2D eigenvalue weighted by atomic mass is 16.5. The van der Waals surface area contributed by atoms with E-state index in [0.29, 0.717) is 5.56 Å². The standard InChI is InChI=1S/C28H24N2O5/c1-18-12-14-19(15-13-18)26(27(33)29-16-6-11-25(31)32)30-28(34)35-17-24-22-9-4-2-7-20(22)21-8-3-5-10-23(21)24/h2-5,7-10,12-15,24,26H,16-17H2,1H3,(H,29,33)(H,30,34)(H,31,32). The van der Waals surface area contributed by atoms with Gasteiger partial charge in [0, 0.05) is 11.8 Å². The molecule has 176 valence electrons. The first-order valence-electron chi connectivity index (χ1n) is 11.1. The van der Waals surface area contributed by atoms with Crippen LogP contribution in [0.15, 0.2) is 72.8 Å². The highest BCUT2D eigenvalue weighted by Gasteiger charge is 2.30. The van der Waals surface area contributed by atoms with Crippen molar-refractivity contribution in [2.75, 3.05) is 13.2 Å². The van der Waals surface area contributed by atoms with Gasteiger partial charge in [0.05, 0.1) is 6.54 Å². The quantitative estimate of drug-likeness (QED) is 0.478. The van der Waals surface area contributed by atoms with Crippen molar-refractivity contribution in [3.63, 3.8) is 0 Å². The van der Waals surface area contributed by atoms with Gasteiger partial charge in [-0.3, -0.25) is 4.79 Å². The molecule has 1 atom stereocenters. The molecular weight excluding hydrogens is 444 g/mol. The van der Waals surface area contributed by atoms with E-state index in [1.54, 1.807) is 12.1 Å². The van der Waals surface area contributed by atoms with E-state index in [1.807, 2.05) is 61.4 Å². The molecule has 0 heterocycles. The number of carboxylic acids is 1. The summed E-state index contributed by atoms with van der Waals surface area (Å²) in [4.78, 5) is 36.1. The number of aryl methyl sites for hydroxylation is 1. The Hall–Kier alpha value is -4.57. The number of hydrogen-bond donors (Lipinski definition) is 3. The minimum Gasteiger partial charge on any atom is -0.472 e. The van der Waals surface area contributed by atoms with Gasteiger partial charge < -0.3 is 20.5 Å². The molecule has 1 aliphatic rings. The first-order valence-corrected chi connectivity index (χ1v) is 11.1. The molecule has 0 radical (unpaired) electrons. The van der Waals surface area contributed by atoms with E-state index in [9.17, 15) is 14.4 Å². The van der Waals surface area contributed by atoms with Crippen molar-refractivity contribution in [3.05, 3.63) is 95.1 Å². The van der Waals surface area contributed by atoms with E-state index in [-0.39, 0.29) is 19.1 Å². The summed E-state index contributed by atoms with van der Waals surface area (Å²) >= 11 is 0. The van der Waals surface area contributed by atoms with Gasteiger partial charge >= 0.3 is 12.1 Å². The molecule has 0 aliphatic heterocycles. The van der Waals surface area contributed by atoms with Gasteiger partial charge in [-0.05, 0) is 34.7 Å². The number of carbonyl (C=O) groups is 3. The predicted molar refractivity (Wildman–Crippen MR) is 131 cm³/mol. The van der Waals surface area contributed by atoms with Crippen molar-refractivity contribution >= 4 is 18.0 Å². The molecule has 0 bridgehead atoms. The third-order valence-corrected chi connectivity index (χ3v) is 5.83. The van der Waals surface area contributed by atoms with Gasteiger partial charge in [-0.2, -0.15) is 0 Å². The van der Waals surface area contributed by atoms with Crippen molar-refractivity contribution in [2.45, 2.75) is 18.9 Å². The maximum absolute atomic E-state index is 12.8. The SMILES string of the molecule is Cc1ccc(C(NC(=O)OCC2c3ccccc3-c3ccccc32)C(=O)NCC#CC(=O)O)cc1. The third kappa shape index (κ3) is 5.50. The van der Waals surface area contributed by atoms with E-state index in [0.717, 1.165) is 27.8 Å². The summed E-state index contributed by atoms with van der Waals surface area (Å²) in [6, 6.07) is 22.2. The van der Waals surface area contributed by atoms with Gasteiger partial charge in [-0.25, -0.2) is 9.59 Å². The van der Waals surface area contributed by atoms with Crippen molar-refractivity contribution < 1.29 is 24.2 Å². The van der Waals surface area contributed by atoms with Gasteiger partial charge in [-0.1, -0.05) is 84.3 Å². The van der Waals surface area contributed by atoms with Crippen molar-refractivity contribution in [3.8, 4) is 23.0 Å². The van der Waals surface area contributed by atoms with Crippen LogP contribution in [0.3, 0.4) is 0 Å². The van der Waals surface area contributed by atoms with Gasteiger partial charge in [0.15, 0.2) is 0 Å². The topological polar surface area (TPSA) is 105 Å². The van der Waals surface area contributed by atoms with Gasteiger partial charge in [0.25, 0.3) is 0 Å². The second kappa shape index (κ2) is 10.6. The van der Waals surface area contributed by atoms with Crippen molar-refractivity contribution in [2.24, 2.45) is 0 Å². The Labute approximate surface area is 203 Å². The molecule has 3 N–H and O–H groups in total. The van der Waals surface area contributed by atoms with Gasteiger partial charge in [0.2, 0.25) is 5.91 Å². The fourth-order valence-electron chi connectivity index (χ4n) is 4.17. The van der Waals surface area contributed by atoms with Gasteiger partial charge in [-0.15, -0.1) is 0 Å². The van der Waals surface area contributed by atoms with Crippen LogP contribution in [0.1, 0.15) is 34.2 Å². The zero-order valence-electron chi connectivity index (χ0n) is 19.1. The normalized spacial score (nSPS) is 12.4. The molecule has 4 rings (SSSR count). The number of aliphatic carboxylic acids is 1. The highest BCUT2D eigenvalue weighted by molar-refractivity contribution is 5.88. The number of fused-ring (bicyclic) bond motifs is 3. The molecule has 7 nitrogen and oxygen atoms in total. The number of rotatable bonds is 6. The second-order valence-electron chi connectivity index (χ2n) is 8.14. The molecule has 0 spiro atoms. The number of amides is 2. The molecular formula is C28H24N2O5. The lowest BCUT2D eigenvalue weighted by molar-refractivity contribution is -0.130. The van der Waals surface area contributed by atoms with Crippen molar-refractivity contribution in [1.82, 2.24) is 10.6 Å². The van der Waals surface area contributed by atoms with Crippen LogP contribution in [0.5, 0.6) is 0 Å². The minimum atomic E-state index is -1.29. The fourth-order valence-corrected chi connectivity index (χ4v) is 4.17. The average Bonchev–Trinajstić information content (AvgIpc) is 3.18. The molecule has 1 aliphatic carbocycles.